The average Bonchev–Trinajstić information content (AvgIpc) is 3.11. The molecular formula is C42H59N5O6S. The van der Waals surface area contributed by atoms with Gasteiger partial charge in [-0.3, -0.25) is 24.5 Å². The van der Waals surface area contributed by atoms with Crippen LogP contribution < -0.4 is 21.3 Å². The van der Waals surface area contributed by atoms with Gasteiger partial charge in [-0.25, -0.2) is 4.79 Å². The summed E-state index contributed by atoms with van der Waals surface area (Å²) in [6.07, 6.45) is 7.82. The summed E-state index contributed by atoms with van der Waals surface area (Å²) in [4.78, 5) is 71.3. The van der Waals surface area contributed by atoms with E-state index < -0.39 is 47.2 Å². The molecule has 0 spiro atoms. The van der Waals surface area contributed by atoms with Crippen LogP contribution in [0.25, 0.3) is 0 Å². The van der Waals surface area contributed by atoms with E-state index in [1.807, 2.05) is 73.8 Å². The topological polar surface area (TPSA) is 146 Å². The summed E-state index contributed by atoms with van der Waals surface area (Å²) in [5.41, 5.74) is 0.443. The Labute approximate surface area is 324 Å². The van der Waals surface area contributed by atoms with E-state index >= 15 is 0 Å². The summed E-state index contributed by atoms with van der Waals surface area (Å²) in [5, 5.41) is 11.5. The minimum atomic E-state index is -1.02. The minimum Gasteiger partial charge on any atom is -0.444 e. The van der Waals surface area contributed by atoms with Gasteiger partial charge in [-0.05, 0) is 120 Å². The van der Waals surface area contributed by atoms with Crippen molar-refractivity contribution in [2.24, 2.45) is 17.8 Å². The van der Waals surface area contributed by atoms with Crippen LogP contribution in [0, 0.1) is 17.8 Å². The number of carbonyl (C=O) groups is 5. The Hall–Kier alpha value is -3.90. The van der Waals surface area contributed by atoms with Crippen molar-refractivity contribution in [2.75, 3.05) is 25.1 Å². The normalized spacial score (nSPS) is 23.1. The van der Waals surface area contributed by atoms with Crippen molar-refractivity contribution >= 4 is 41.5 Å². The van der Waals surface area contributed by atoms with Crippen molar-refractivity contribution in [1.29, 1.82) is 0 Å². The number of ether oxygens (including phenoxy) is 1. The van der Waals surface area contributed by atoms with Crippen molar-refractivity contribution < 1.29 is 28.7 Å². The first-order valence-electron chi connectivity index (χ1n) is 19.5. The lowest BCUT2D eigenvalue weighted by atomic mass is 9.52. The number of alkyl carbamates (subject to hydrolysis) is 1. The van der Waals surface area contributed by atoms with Crippen molar-refractivity contribution in [3.8, 4) is 0 Å². The third-order valence-corrected chi connectivity index (χ3v) is 11.6. The monoisotopic (exact) mass is 761 g/mol. The maximum Gasteiger partial charge on any atom is 0.414 e. The summed E-state index contributed by atoms with van der Waals surface area (Å²) >= 11 is 1.57. The van der Waals surface area contributed by atoms with Gasteiger partial charge in [-0.1, -0.05) is 67.6 Å². The van der Waals surface area contributed by atoms with E-state index in [1.165, 1.54) is 0 Å². The molecule has 0 radical (unpaired) electrons. The van der Waals surface area contributed by atoms with Gasteiger partial charge in [0.1, 0.15) is 17.7 Å². The van der Waals surface area contributed by atoms with Gasteiger partial charge in [-0.2, -0.15) is 11.8 Å². The maximum atomic E-state index is 14.8. The quantitative estimate of drug-likeness (QED) is 0.176. The van der Waals surface area contributed by atoms with Crippen LogP contribution >= 0.6 is 11.8 Å². The number of carbonyl (C=O) groups excluding carboxylic acids is 5. The molecule has 0 aromatic heterocycles. The first-order valence-corrected chi connectivity index (χ1v) is 20.9. The lowest BCUT2D eigenvalue weighted by Crippen LogP contribution is -2.68. The summed E-state index contributed by atoms with van der Waals surface area (Å²) in [7, 11) is 0. The molecule has 54 heavy (non-hydrogen) atoms. The number of rotatable bonds is 17. The highest BCUT2D eigenvalue weighted by atomic mass is 32.2. The number of hydrogen-bond donors (Lipinski definition) is 4. The van der Waals surface area contributed by atoms with Gasteiger partial charge >= 0.3 is 6.09 Å². The average molecular weight is 762 g/mol. The number of amides is 5. The van der Waals surface area contributed by atoms with Gasteiger partial charge in [0.05, 0.1) is 12.6 Å². The number of nitrogens with zero attached hydrogens (tertiary/aromatic N) is 1. The van der Waals surface area contributed by atoms with Crippen LogP contribution in [0.3, 0.4) is 0 Å². The Morgan fingerprint density at radius 1 is 0.815 bits per heavy atom. The number of benzene rings is 2. The fraction of sp³-hybridized carbons (Fsp3) is 0.595. The van der Waals surface area contributed by atoms with Gasteiger partial charge in [0.25, 0.3) is 5.91 Å². The molecule has 0 unspecified atom stereocenters. The number of hydrogen-bond acceptors (Lipinski definition) is 8. The van der Waals surface area contributed by atoms with Crippen LogP contribution in [0.4, 0.5) is 4.79 Å². The third-order valence-electron chi connectivity index (χ3n) is 11.0. The van der Waals surface area contributed by atoms with Gasteiger partial charge in [-0.15, -0.1) is 0 Å². The fourth-order valence-corrected chi connectivity index (χ4v) is 9.73. The molecule has 12 heteroatoms. The van der Waals surface area contributed by atoms with E-state index in [4.69, 9.17) is 4.74 Å². The molecular weight excluding hydrogens is 703 g/mol. The molecule has 4 bridgehead atoms. The molecule has 2 aromatic rings. The lowest BCUT2D eigenvalue weighted by Gasteiger charge is -2.61. The zero-order valence-corrected chi connectivity index (χ0v) is 33.3. The molecule has 0 saturated heterocycles. The number of likely N-dealkylation sites (N-methyl/N-ethyl adjacent to an activating group) is 1. The molecule has 2 aromatic carbocycles. The first-order chi connectivity index (χ1) is 25.8. The molecule has 0 heterocycles. The van der Waals surface area contributed by atoms with E-state index in [1.54, 1.807) is 37.4 Å². The zero-order chi connectivity index (χ0) is 38.9. The molecule has 0 aliphatic heterocycles. The third kappa shape index (κ3) is 11.1. The molecule has 4 aliphatic rings. The zero-order valence-electron chi connectivity index (χ0n) is 32.5. The van der Waals surface area contributed by atoms with Gasteiger partial charge in [0.15, 0.2) is 0 Å². The molecule has 4 N–H and O–H groups in total. The van der Waals surface area contributed by atoms with Crippen molar-refractivity contribution in [3.05, 3.63) is 71.8 Å². The Morgan fingerprint density at radius 2 is 1.37 bits per heavy atom. The second kappa shape index (κ2) is 18.6. The van der Waals surface area contributed by atoms with Gasteiger partial charge in [0.2, 0.25) is 17.7 Å². The molecule has 5 amide bonds. The predicted molar refractivity (Wildman–Crippen MR) is 212 cm³/mol. The second-order valence-corrected chi connectivity index (χ2v) is 17.4. The summed E-state index contributed by atoms with van der Waals surface area (Å²) in [5.74, 6) is 0.267. The lowest BCUT2D eigenvalue weighted by molar-refractivity contribution is -0.162. The molecule has 11 nitrogen and oxygen atoms in total. The summed E-state index contributed by atoms with van der Waals surface area (Å²) in [6, 6.07) is 16.8. The maximum absolute atomic E-state index is 14.8. The van der Waals surface area contributed by atoms with Gasteiger partial charge < -0.3 is 25.6 Å². The Kier molecular flexibility index (Phi) is 14.2. The van der Waals surface area contributed by atoms with Crippen molar-refractivity contribution in [2.45, 2.75) is 115 Å². The second-order valence-electron chi connectivity index (χ2n) is 16.5. The van der Waals surface area contributed by atoms with Crippen LogP contribution in [-0.4, -0.2) is 89.0 Å². The molecule has 4 saturated carbocycles. The fourth-order valence-electron chi connectivity index (χ4n) is 9.26. The van der Waals surface area contributed by atoms with Crippen LogP contribution in [0.1, 0.15) is 83.8 Å². The molecule has 4 fully saturated rings. The molecule has 294 valence electrons. The predicted octanol–water partition coefficient (Wildman–Crippen LogP) is 5.02. The van der Waals surface area contributed by atoms with Crippen molar-refractivity contribution in [3.63, 3.8) is 0 Å². The summed E-state index contributed by atoms with van der Waals surface area (Å²) < 4.78 is 5.46. The Morgan fingerprint density at radius 3 is 1.89 bits per heavy atom. The first kappa shape index (κ1) is 41.3. The van der Waals surface area contributed by atoms with E-state index in [9.17, 15) is 24.0 Å². The van der Waals surface area contributed by atoms with E-state index in [2.05, 4.69) is 21.3 Å². The van der Waals surface area contributed by atoms with E-state index in [-0.39, 0.29) is 24.8 Å². The van der Waals surface area contributed by atoms with Gasteiger partial charge in [0, 0.05) is 12.0 Å². The largest absolute Gasteiger partial charge is 0.444 e. The highest BCUT2D eigenvalue weighted by Crippen LogP contribution is 2.58. The molecule has 4 aliphatic carbocycles. The molecule has 3 atom stereocenters. The standard InChI is InChI=1S/C42H59N5O6S/c1-6-43-34(22-28-13-9-7-10-14-28)38(50)45-33(17-18-54-5)37(49)44-27-36(48)47(42-24-30-19-31(25-42)21-32(20-30)26-42)35(23-29-15-11-8-12-16-29)39(51)46-40(52)53-41(2,3)4/h7-16,30-35,43H,6,17-27H2,1-5H3,(H,44,49)(H,45,50)(H,46,51,52)/t30?,31?,32?,33-,34+,35+,42?/m1/s1. The van der Waals surface area contributed by atoms with Crippen molar-refractivity contribution in [1.82, 2.24) is 26.2 Å². The Balaban J connectivity index is 1.39. The Bertz CT molecular complexity index is 1560. The highest BCUT2D eigenvalue weighted by molar-refractivity contribution is 7.98. The number of nitrogens with one attached hydrogen (secondary N) is 4. The smallest absolute Gasteiger partial charge is 0.414 e. The van der Waals surface area contributed by atoms with Crippen LogP contribution in [0.2, 0.25) is 0 Å². The van der Waals surface area contributed by atoms with Crippen LogP contribution in [0.15, 0.2) is 60.7 Å². The van der Waals surface area contributed by atoms with E-state index in [0.29, 0.717) is 42.9 Å². The minimum absolute atomic E-state index is 0.191. The van der Waals surface area contributed by atoms with Crippen LogP contribution in [0.5, 0.6) is 0 Å². The van der Waals surface area contributed by atoms with Crippen LogP contribution in [-0.2, 0) is 36.8 Å². The number of imide groups is 1. The highest BCUT2D eigenvalue weighted by Gasteiger charge is 2.57. The summed E-state index contributed by atoms with van der Waals surface area (Å²) in [6.45, 7) is 7.34. The molecule has 6 rings (SSSR count). The SMILES string of the molecule is CCN[C@@H](Cc1ccccc1)C(=O)N[C@H](CCSC)C(=O)NCC(=O)N([C@@H](Cc1ccccc1)C(=O)NC(=O)OC(C)(C)C)C12CC3CC(CC(C3)C1)C2. The number of thioether (sulfide) groups is 1. The van der Waals surface area contributed by atoms with E-state index in [0.717, 1.165) is 49.7 Å².